The lowest BCUT2D eigenvalue weighted by molar-refractivity contribution is -0.124. The normalized spacial score (nSPS) is 11.7. The number of nitrogens with one attached hydrogen (secondary N) is 3. The zero-order valence-corrected chi connectivity index (χ0v) is 11.6. The average molecular weight is 263 g/mol. The van der Waals surface area contributed by atoms with Crippen LogP contribution in [0.2, 0.25) is 0 Å². The minimum atomic E-state index is -0.0954. The lowest BCUT2D eigenvalue weighted by Crippen LogP contribution is -2.33. The highest BCUT2D eigenvalue weighted by Crippen LogP contribution is 2.09. The standard InChI is InChI=1S/C14H21N3O2/c1-10(8-15-3)14(19)16-9-12-4-6-13(7-5-12)17-11(2)18/h4-7,10,15H,8-9H2,1-3H3,(H,16,19)(H,17,18). The van der Waals surface area contributed by atoms with E-state index in [0.29, 0.717) is 13.1 Å². The fraction of sp³-hybridized carbons (Fsp3) is 0.429. The molecule has 1 aromatic carbocycles. The maximum atomic E-state index is 11.7. The van der Waals surface area contributed by atoms with Crippen molar-refractivity contribution < 1.29 is 9.59 Å². The van der Waals surface area contributed by atoms with Crippen LogP contribution in [0, 0.1) is 5.92 Å². The first-order chi connectivity index (χ1) is 9.02. The van der Waals surface area contributed by atoms with E-state index < -0.39 is 0 Å². The summed E-state index contributed by atoms with van der Waals surface area (Å²) in [6.07, 6.45) is 0. The van der Waals surface area contributed by atoms with Crippen LogP contribution in [0.15, 0.2) is 24.3 Å². The molecular weight excluding hydrogens is 242 g/mol. The van der Waals surface area contributed by atoms with E-state index in [9.17, 15) is 9.59 Å². The van der Waals surface area contributed by atoms with Crippen molar-refractivity contribution in [1.29, 1.82) is 0 Å². The summed E-state index contributed by atoms with van der Waals surface area (Å²) in [5.41, 5.74) is 1.75. The predicted octanol–water partition coefficient (Wildman–Crippen LogP) is 1.12. The first kappa shape index (κ1) is 15.2. The summed E-state index contributed by atoms with van der Waals surface area (Å²) in [6.45, 7) is 4.50. The topological polar surface area (TPSA) is 70.2 Å². The van der Waals surface area contributed by atoms with Crippen LogP contribution < -0.4 is 16.0 Å². The molecule has 1 aromatic rings. The number of carbonyl (C=O) groups is 2. The van der Waals surface area contributed by atoms with Gasteiger partial charge in [0.25, 0.3) is 0 Å². The highest BCUT2D eigenvalue weighted by molar-refractivity contribution is 5.88. The van der Waals surface area contributed by atoms with Crippen LogP contribution in [0.4, 0.5) is 5.69 Å². The zero-order valence-electron chi connectivity index (χ0n) is 11.6. The number of benzene rings is 1. The van der Waals surface area contributed by atoms with Crippen molar-refractivity contribution in [2.75, 3.05) is 18.9 Å². The molecule has 0 heterocycles. The Morgan fingerprint density at radius 1 is 1.21 bits per heavy atom. The SMILES string of the molecule is CNCC(C)C(=O)NCc1ccc(NC(C)=O)cc1. The molecule has 19 heavy (non-hydrogen) atoms. The molecule has 0 saturated heterocycles. The van der Waals surface area contributed by atoms with Crippen LogP contribution in [0.5, 0.6) is 0 Å². The molecule has 0 spiro atoms. The zero-order chi connectivity index (χ0) is 14.3. The van der Waals surface area contributed by atoms with E-state index in [-0.39, 0.29) is 17.7 Å². The molecule has 2 amide bonds. The number of carbonyl (C=O) groups excluding carboxylic acids is 2. The van der Waals surface area contributed by atoms with Gasteiger partial charge in [-0.1, -0.05) is 19.1 Å². The molecule has 3 N–H and O–H groups in total. The molecule has 0 aliphatic heterocycles. The van der Waals surface area contributed by atoms with E-state index in [1.54, 1.807) is 0 Å². The molecule has 5 nitrogen and oxygen atoms in total. The molecule has 0 aliphatic carbocycles. The molecule has 0 saturated carbocycles. The fourth-order valence-electron chi connectivity index (χ4n) is 1.67. The van der Waals surface area contributed by atoms with Crippen molar-refractivity contribution >= 4 is 17.5 Å². The summed E-state index contributed by atoms with van der Waals surface area (Å²) in [5.74, 6) is -0.120. The van der Waals surface area contributed by atoms with Crippen molar-refractivity contribution in [2.24, 2.45) is 5.92 Å². The predicted molar refractivity (Wildman–Crippen MR) is 75.7 cm³/mol. The Balaban J connectivity index is 2.45. The van der Waals surface area contributed by atoms with Gasteiger partial charge in [0.15, 0.2) is 0 Å². The first-order valence-electron chi connectivity index (χ1n) is 6.31. The van der Waals surface area contributed by atoms with Gasteiger partial charge in [-0.05, 0) is 24.7 Å². The van der Waals surface area contributed by atoms with E-state index in [1.807, 2.05) is 38.2 Å². The summed E-state index contributed by atoms with van der Waals surface area (Å²) in [7, 11) is 1.82. The highest BCUT2D eigenvalue weighted by Gasteiger charge is 2.10. The van der Waals surface area contributed by atoms with Crippen LogP contribution in [-0.4, -0.2) is 25.4 Å². The molecule has 0 radical (unpaired) electrons. The monoisotopic (exact) mass is 263 g/mol. The van der Waals surface area contributed by atoms with E-state index in [2.05, 4.69) is 16.0 Å². The lowest BCUT2D eigenvalue weighted by atomic mass is 10.1. The summed E-state index contributed by atoms with van der Waals surface area (Å²) in [6, 6.07) is 7.41. The van der Waals surface area contributed by atoms with Gasteiger partial charge in [-0.25, -0.2) is 0 Å². The number of rotatable bonds is 6. The van der Waals surface area contributed by atoms with Crippen LogP contribution in [0.3, 0.4) is 0 Å². The van der Waals surface area contributed by atoms with E-state index in [1.165, 1.54) is 6.92 Å². The van der Waals surface area contributed by atoms with Gasteiger partial charge in [0.1, 0.15) is 0 Å². The minimum absolute atomic E-state index is 0.0280. The Kier molecular flexibility index (Phi) is 6.02. The lowest BCUT2D eigenvalue weighted by Gasteiger charge is -2.11. The summed E-state index contributed by atoms with van der Waals surface area (Å²) in [5, 5.41) is 8.55. The van der Waals surface area contributed by atoms with Crippen molar-refractivity contribution in [2.45, 2.75) is 20.4 Å². The number of hydrogen-bond acceptors (Lipinski definition) is 3. The highest BCUT2D eigenvalue weighted by atomic mass is 16.2. The maximum Gasteiger partial charge on any atom is 0.224 e. The Bertz CT molecular complexity index is 429. The first-order valence-corrected chi connectivity index (χ1v) is 6.31. The average Bonchev–Trinajstić information content (AvgIpc) is 2.37. The molecule has 5 heteroatoms. The van der Waals surface area contributed by atoms with Crippen LogP contribution in [0.1, 0.15) is 19.4 Å². The molecule has 0 aromatic heterocycles. The summed E-state index contributed by atoms with van der Waals surface area (Å²) in [4.78, 5) is 22.6. The number of anilines is 1. The van der Waals surface area contributed by atoms with E-state index in [0.717, 1.165) is 11.3 Å². The van der Waals surface area contributed by atoms with Crippen LogP contribution >= 0.6 is 0 Å². The van der Waals surface area contributed by atoms with Crippen molar-refractivity contribution in [3.63, 3.8) is 0 Å². The number of hydrogen-bond donors (Lipinski definition) is 3. The van der Waals surface area contributed by atoms with Crippen molar-refractivity contribution in [1.82, 2.24) is 10.6 Å². The molecule has 104 valence electrons. The minimum Gasteiger partial charge on any atom is -0.352 e. The van der Waals surface area contributed by atoms with Gasteiger partial charge in [0, 0.05) is 31.6 Å². The molecule has 0 aliphatic rings. The fourth-order valence-corrected chi connectivity index (χ4v) is 1.67. The Hall–Kier alpha value is -1.88. The Morgan fingerprint density at radius 2 is 1.84 bits per heavy atom. The van der Waals surface area contributed by atoms with Gasteiger partial charge in [-0.2, -0.15) is 0 Å². The van der Waals surface area contributed by atoms with Crippen molar-refractivity contribution in [3.8, 4) is 0 Å². The summed E-state index contributed by atoms with van der Waals surface area (Å²) >= 11 is 0. The van der Waals surface area contributed by atoms with E-state index >= 15 is 0 Å². The molecule has 1 rings (SSSR count). The van der Waals surface area contributed by atoms with Crippen LogP contribution in [0.25, 0.3) is 0 Å². The Morgan fingerprint density at radius 3 is 2.37 bits per heavy atom. The molecular formula is C14H21N3O2. The second-order valence-corrected chi connectivity index (χ2v) is 4.55. The molecule has 0 fully saturated rings. The van der Waals surface area contributed by atoms with E-state index in [4.69, 9.17) is 0 Å². The smallest absolute Gasteiger partial charge is 0.224 e. The third-order valence-electron chi connectivity index (χ3n) is 2.70. The van der Waals surface area contributed by atoms with Gasteiger partial charge in [0.2, 0.25) is 11.8 Å². The quantitative estimate of drug-likeness (QED) is 0.720. The van der Waals surface area contributed by atoms with Gasteiger partial charge >= 0.3 is 0 Å². The third kappa shape index (κ3) is 5.52. The van der Waals surface area contributed by atoms with Crippen molar-refractivity contribution in [3.05, 3.63) is 29.8 Å². The molecule has 1 atom stereocenters. The van der Waals surface area contributed by atoms with Gasteiger partial charge in [0.05, 0.1) is 0 Å². The van der Waals surface area contributed by atoms with Gasteiger partial charge in [-0.3, -0.25) is 9.59 Å². The number of amides is 2. The Labute approximate surface area is 113 Å². The molecule has 0 bridgehead atoms. The van der Waals surface area contributed by atoms with Gasteiger partial charge in [-0.15, -0.1) is 0 Å². The largest absolute Gasteiger partial charge is 0.352 e. The second-order valence-electron chi connectivity index (χ2n) is 4.55. The maximum absolute atomic E-state index is 11.7. The summed E-state index contributed by atoms with van der Waals surface area (Å²) < 4.78 is 0. The van der Waals surface area contributed by atoms with Crippen LogP contribution in [-0.2, 0) is 16.1 Å². The second kappa shape index (κ2) is 7.53. The molecule has 1 unspecified atom stereocenters. The third-order valence-corrected chi connectivity index (χ3v) is 2.70. The van der Waals surface area contributed by atoms with Gasteiger partial charge < -0.3 is 16.0 Å².